The van der Waals surface area contributed by atoms with Crippen molar-refractivity contribution >= 4 is 22.1 Å². The van der Waals surface area contributed by atoms with E-state index < -0.39 is 32.5 Å². The second kappa shape index (κ2) is 27.6. The maximum absolute atomic E-state index is 12.9. The average molecular weight is 663 g/mol. The first-order valence-electron chi connectivity index (χ1n) is 18.1. The summed E-state index contributed by atoms with van der Waals surface area (Å²) in [5.41, 5.74) is -0.689. The minimum absolute atomic E-state index is 0.104. The van der Waals surface area contributed by atoms with Crippen molar-refractivity contribution in [1.82, 2.24) is 0 Å². The number of rotatable bonds is 29. The number of unbranched alkanes of at least 4 members (excludes halogenated alkanes) is 18. The van der Waals surface area contributed by atoms with Crippen molar-refractivity contribution in [3.63, 3.8) is 0 Å². The molecule has 0 spiro atoms. The number of carbonyl (C=O) groups is 2. The van der Waals surface area contributed by atoms with E-state index >= 15 is 0 Å². The first kappa shape index (κ1) is 41.6. The van der Waals surface area contributed by atoms with Crippen LogP contribution in [0.5, 0.6) is 0 Å². The molecule has 0 heterocycles. The van der Waals surface area contributed by atoms with Crippen LogP contribution in [0.25, 0.3) is 0 Å². The lowest BCUT2D eigenvalue weighted by Gasteiger charge is -2.13. The molecular weight excluding hydrogens is 600 g/mol. The molecular formula is C38H62O7S. The molecule has 0 atom stereocenters. The van der Waals surface area contributed by atoms with Gasteiger partial charge in [0.25, 0.3) is 10.1 Å². The smallest absolute Gasteiger partial charge is 0.340 e. The summed E-state index contributed by atoms with van der Waals surface area (Å²) in [4.78, 5) is 25.2. The Balaban J connectivity index is 2.36. The summed E-state index contributed by atoms with van der Waals surface area (Å²) in [5, 5.41) is 0. The molecule has 46 heavy (non-hydrogen) atoms. The molecule has 1 aromatic carbocycles. The highest BCUT2D eigenvalue weighted by atomic mass is 32.2. The summed E-state index contributed by atoms with van der Waals surface area (Å²) in [6.45, 7) is 4.65. The number of allylic oxidation sites excluding steroid dienone is 4. The second-order valence-electron chi connectivity index (χ2n) is 12.2. The molecule has 0 bridgehead atoms. The number of benzene rings is 1. The second-order valence-corrected chi connectivity index (χ2v) is 13.6. The molecule has 1 N–H and O–H groups in total. The monoisotopic (exact) mass is 662 g/mol. The lowest BCUT2D eigenvalue weighted by molar-refractivity contribution is 0.0446. The molecule has 7 nitrogen and oxygen atoms in total. The van der Waals surface area contributed by atoms with Crippen molar-refractivity contribution in [3.05, 3.63) is 53.6 Å². The van der Waals surface area contributed by atoms with Crippen molar-refractivity contribution in [1.29, 1.82) is 0 Å². The van der Waals surface area contributed by atoms with Crippen LogP contribution in [0.1, 0.15) is 176 Å². The Labute approximate surface area is 280 Å². The normalized spacial score (nSPS) is 11.9. The zero-order valence-electron chi connectivity index (χ0n) is 28.8. The van der Waals surface area contributed by atoms with Gasteiger partial charge in [0.15, 0.2) is 0 Å². The van der Waals surface area contributed by atoms with Gasteiger partial charge < -0.3 is 9.47 Å². The van der Waals surface area contributed by atoms with E-state index in [1.165, 1.54) is 82.8 Å². The van der Waals surface area contributed by atoms with Gasteiger partial charge in [0, 0.05) is 0 Å². The fourth-order valence-corrected chi connectivity index (χ4v) is 5.96. The fraction of sp³-hybridized carbons (Fsp3) is 0.684. The SMILES string of the molecule is CCC/C=C/CCCCCCCCCCOC(=O)c1cccc(S(=O)(=O)O)c1C(=O)OCCCCCCCCCC/C=C/CCC. The summed E-state index contributed by atoms with van der Waals surface area (Å²) in [6, 6.07) is 3.73. The molecule has 262 valence electrons. The Morgan fingerprint density at radius 2 is 0.978 bits per heavy atom. The number of ether oxygens (including phenoxy) is 2. The van der Waals surface area contributed by atoms with E-state index in [-0.39, 0.29) is 18.8 Å². The van der Waals surface area contributed by atoms with Gasteiger partial charge in [0.1, 0.15) is 4.90 Å². The molecule has 0 aliphatic carbocycles. The third-order valence-electron chi connectivity index (χ3n) is 7.97. The number of hydrogen-bond donors (Lipinski definition) is 1. The maximum atomic E-state index is 12.9. The number of hydrogen-bond acceptors (Lipinski definition) is 6. The van der Waals surface area contributed by atoms with Crippen molar-refractivity contribution in [2.24, 2.45) is 0 Å². The molecule has 0 saturated heterocycles. The Morgan fingerprint density at radius 1 is 0.587 bits per heavy atom. The van der Waals surface area contributed by atoms with Crippen LogP contribution in [-0.2, 0) is 19.6 Å². The van der Waals surface area contributed by atoms with Crippen LogP contribution in [0.3, 0.4) is 0 Å². The predicted molar refractivity (Wildman–Crippen MR) is 188 cm³/mol. The Hall–Kier alpha value is -2.45. The van der Waals surface area contributed by atoms with Gasteiger partial charge >= 0.3 is 11.9 Å². The quantitative estimate of drug-likeness (QED) is 0.0393. The maximum Gasteiger partial charge on any atom is 0.340 e. The van der Waals surface area contributed by atoms with Crippen LogP contribution in [0.15, 0.2) is 47.4 Å². The van der Waals surface area contributed by atoms with Gasteiger partial charge in [-0.3, -0.25) is 4.55 Å². The van der Waals surface area contributed by atoms with Crippen LogP contribution in [0.4, 0.5) is 0 Å². The Morgan fingerprint density at radius 3 is 1.41 bits per heavy atom. The van der Waals surface area contributed by atoms with Crippen LogP contribution in [-0.4, -0.2) is 38.1 Å². The van der Waals surface area contributed by atoms with Gasteiger partial charge in [-0.05, 0) is 63.5 Å². The number of carbonyl (C=O) groups excluding carboxylic acids is 2. The van der Waals surface area contributed by atoms with E-state index in [0.717, 1.165) is 63.9 Å². The van der Waals surface area contributed by atoms with Gasteiger partial charge in [-0.25, -0.2) is 9.59 Å². The minimum atomic E-state index is -4.76. The highest BCUT2D eigenvalue weighted by molar-refractivity contribution is 7.86. The molecule has 0 unspecified atom stereocenters. The predicted octanol–water partition coefficient (Wildman–Crippen LogP) is 11.0. The van der Waals surface area contributed by atoms with Gasteiger partial charge in [-0.1, -0.05) is 134 Å². The largest absolute Gasteiger partial charge is 0.462 e. The molecule has 8 heteroatoms. The molecule has 0 aliphatic rings. The molecule has 1 rings (SSSR count). The Kier molecular flexibility index (Phi) is 25.0. The van der Waals surface area contributed by atoms with E-state index in [0.29, 0.717) is 12.8 Å². The fourth-order valence-electron chi connectivity index (χ4n) is 5.26. The average Bonchev–Trinajstić information content (AvgIpc) is 3.04. The van der Waals surface area contributed by atoms with E-state index in [1.54, 1.807) is 0 Å². The van der Waals surface area contributed by atoms with Crippen molar-refractivity contribution in [2.45, 2.75) is 160 Å². The summed E-state index contributed by atoms with van der Waals surface area (Å²) >= 11 is 0. The molecule has 0 fully saturated rings. The van der Waals surface area contributed by atoms with Gasteiger partial charge in [-0.2, -0.15) is 8.42 Å². The molecule has 0 radical (unpaired) electrons. The first-order chi connectivity index (χ1) is 22.3. The van der Waals surface area contributed by atoms with Crippen molar-refractivity contribution in [3.8, 4) is 0 Å². The summed E-state index contributed by atoms with van der Waals surface area (Å²) in [6.07, 6.45) is 33.4. The van der Waals surface area contributed by atoms with E-state index in [4.69, 9.17) is 9.47 Å². The third kappa shape index (κ3) is 20.6. The van der Waals surface area contributed by atoms with Crippen LogP contribution >= 0.6 is 0 Å². The molecule has 0 amide bonds. The minimum Gasteiger partial charge on any atom is -0.462 e. The summed E-state index contributed by atoms with van der Waals surface area (Å²) in [5.74, 6) is -1.76. The zero-order valence-corrected chi connectivity index (χ0v) is 29.6. The van der Waals surface area contributed by atoms with E-state index in [9.17, 15) is 22.6 Å². The van der Waals surface area contributed by atoms with Gasteiger partial charge in [-0.15, -0.1) is 0 Å². The van der Waals surface area contributed by atoms with Crippen LogP contribution < -0.4 is 0 Å². The van der Waals surface area contributed by atoms with Crippen molar-refractivity contribution < 1.29 is 32.0 Å². The summed E-state index contributed by atoms with van der Waals surface area (Å²) in [7, 11) is -4.76. The van der Waals surface area contributed by atoms with Gasteiger partial charge in [0.2, 0.25) is 0 Å². The Bertz CT molecular complexity index is 1110. The van der Waals surface area contributed by atoms with Crippen LogP contribution in [0, 0.1) is 0 Å². The van der Waals surface area contributed by atoms with Gasteiger partial charge in [0.05, 0.1) is 24.3 Å². The first-order valence-corrected chi connectivity index (χ1v) is 19.5. The topological polar surface area (TPSA) is 107 Å². The highest BCUT2D eigenvalue weighted by Crippen LogP contribution is 2.23. The molecule has 0 aliphatic heterocycles. The highest BCUT2D eigenvalue weighted by Gasteiger charge is 2.28. The third-order valence-corrected chi connectivity index (χ3v) is 8.86. The molecule has 0 aromatic heterocycles. The standard InChI is InChI=1S/C38H62O7S/c1-3-5-7-9-11-13-15-17-19-21-23-25-27-32-44-37(39)34-30-29-31-35(46(41,42)43)36(34)38(40)45-33-28-26-24-22-20-18-16-14-12-10-8-6-4-2/h7-10,29-31H,3-6,11-28,32-33H2,1-2H3,(H,41,42,43)/b9-7+,10-8+. The van der Waals surface area contributed by atoms with Crippen molar-refractivity contribution in [2.75, 3.05) is 13.2 Å². The zero-order chi connectivity index (χ0) is 33.7. The number of esters is 2. The van der Waals surface area contributed by atoms with E-state index in [2.05, 4.69) is 38.2 Å². The van der Waals surface area contributed by atoms with E-state index in [1.807, 2.05) is 0 Å². The molecule has 1 aromatic rings. The lowest BCUT2D eigenvalue weighted by Crippen LogP contribution is -2.19. The lowest BCUT2D eigenvalue weighted by atomic mass is 10.1. The summed E-state index contributed by atoms with van der Waals surface area (Å²) < 4.78 is 44.5. The van der Waals surface area contributed by atoms with Crippen LogP contribution in [0.2, 0.25) is 0 Å². The molecule has 0 saturated carbocycles.